The number of nitrogens with one attached hydrogen (secondary N) is 1. The average Bonchev–Trinajstić information content (AvgIpc) is 2.61. The fraction of sp³-hybridized carbons (Fsp3) is 0.400. The molecule has 1 aliphatic rings. The van der Waals surface area contributed by atoms with Crippen LogP contribution < -0.4 is 5.43 Å². The third-order valence-corrected chi connectivity index (χ3v) is 4.72. The number of fused-ring (bicyclic) bond motifs is 1. The van der Waals surface area contributed by atoms with E-state index in [1.54, 1.807) is 0 Å². The number of amides is 1. The van der Waals surface area contributed by atoms with Crippen LogP contribution in [0.4, 0.5) is 0 Å². The maximum Gasteiger partial charge on any atom is 0.271 e. The molecule has 0 radical (unpaired) electrons. The van der Waals surface area contributed by atoms with E-state index in [2.05, 4.69) is 10.5 Å². The van der Waals surface area contributed by atoms with E-state index >= 15 is 0 Å². The molecule has 120 valence electrons. The van der Waals surface area contributed by atoms with Crippen LogP contribution in [0.2, 0.25) is 0 Å². The highest BCUT2D eigenvalue weighted by molar-refractivity contribution is 6.07. The maximum atomic E-state index is 12.3. The molecule has 3 nitrogen and oxygen atoms in total. The van der Waals surface area contributed by atoms with Gasteiger partial charge in [-0.2, -0.15) is 5.10 Å². The van der Waals surface area contributed by atoms with Gasteiger partial charge in [0.15, 0.2) is 0 Å². The summed E-state index contributed by atoms with van der Waals surface area (Å²) in [5.41, 5.74) is 3.33. The molecule has 1 amide bonds. The van der Waals surface area contributed by atoms with Crippen LogP contribution in [0.25, 0.3) is 10.8 Å². The fourth-order valence-corrected chi connectivity index (χ4v) is 3.44. The number of hydrogen-bond donors (Lipinski definition) is 1. The smallest absolute Gasteiger partial charge is 0.267 e. The lowest BCUT2D eigenvalue weighted by Gasteiger charge is -2.20. The van der Waals surface area contributed by atoms with Crippen molar-refractivity contribution >= 4 is 22.9 Å². The van der Waals surface area contributed by atoms with E-state index in [4.69, 9.17) is 0 Å². The number of carbonyl (C=O) groups is 1. The van der Waals surface area contributed by atoms with Gasteiger partial charge in [-0.1, -0.05) is 68.5 Å². The van der Waals surface area contributed by atoms with Gasteiger partial charge in [-0.25, -0.2) is 5.43 Å². The molecular weight excluding hydrogens is 284 g/mol. The Morgan fingerprint density at radius 1 is 1.09 bits per heavy atom. The Bertz CT molecular complexity index is 682. The molecule has 0 atom stereocenters. The van der Waals surface area contributed by atoms with Crippen LogP contribution in [-0.4, -0.2) is 12.1 Å². The molecule has 0 bridgehead atoms. The summed E-state index contributed by atoms with van der Waals surface area (Å²) in [5.74, 6) is 0.708. The van der Waals surface area contributed by atoms with Crippen molar-refractivity contribution in [1.82, 2.24) is 5.43 Å². The Hall–Kier alpha value is -2.16. The van der Waals surface area contributed by atoms with Crippen LogP contribution in [0.15, 0.2) is 47.6 Å². The van der Waals surface area contributed by atoms with Crippen molar-refractivity contribution in [2.24, 2.45) is 11.0 Å². The first-order chi connectivity index (χ1) is 11.3. The molecule has 2 aromatic rings. The van der Waals surface area contributed by atoms with E-state index in [1.165, 1.54) is 38.5 Å². The van der Waals surface area contributed by atoms with E-state index in [9.17, 15) is 4.79 Å². The monoisotopic (exact) mass is 308 g/mol. The lowest BCUT2D eigenvalue weighted by atomic mass is 9.86. The number of benzene rings is 2. The molecule has 3 rings (SSSR count). The van der Waals surface area contributed by atoms with E-state index in [-0.39, 0.29) is 5.91 Å². The Morgan fingerprint density at radius 2 is 1.87 bits per heavy atom. The molecule has 1 fully saturated rings. The lowest BCUT2D eigenvalue weighted by molar-refractivity contribution is 0.0956. The summed E-state index contributed by atoms with van der Waals surface area (Å²) in [4.78, 5) is 12.3. The average molecular weight is 308 g/mol. The number of nitrogens with zero attached hydrogens (tertiary/aromatic N) is 1. The van der Waals surface area contributed by atoms with Crippen molar-refractivity contribution in [2.75, 3.05) is 0 Å². The van der Waals surface area contributed by atoms with Gasteiger partial charge in [0.05, 0.1) is 0 Å². The normalized spacial score (nSPS) is 16.0. The lowest BCUT2D eigenvalue weighted by Crippen LogP contribution is -2.18. The van der Waals surface area contributed by atoms with Crippen LogP contribution >= 0.6 is 0 Å². The number of hydrazone groups is 1. The van der Waals surface area contributed by atoms with Crippen LogP contribution in [-0.2, 0) is 0 Å². The molecule has 0 spiro atoms. The van der Waals surface area contributed by atoms with Crippen molar-refractivity contribution in [3.05, 3.63) is 48.0 Å². The summed E-state index contributed by atoms with van der Waals surface area (Å²) in [6.07, 6.45) is 10.8. The summed E-state index contributed by atoms with van der Waals surface area (Å²) in [7, 11) is 0. The Labute approximate surface area is 137 Å². The highest BCUT2D eigenvalue weighted by Gasteiger charge is 2.12. The summed E-state index contributed by atoms with van der Waals surface area (Å²) in [5, 5.41) is 6.15. The van der Waals surface area contributed by atoms with Crippen LogP contribution in [0.5, 0.6) is 0 Å². The first-order valence-electron chi connectivity index (χ1n) is 8.64. The first kappa shape index (κ1) is 15.7. The minimum Gasteiger partial charge on any atom is -0.267 e. The molecule has 3 heteroatoms. The van der Waals surface area contributed by atoms with Crippen molar-refractivity contribution in [2.45, 2.75) is 44.9 Å². The zero-order chi connectivity index (χ0) is 15.9. The molecule has 1 aliphatic carbocycles. The van der Waals surface area contributed by atoms with Gasteiger partial charge in [-0.3, -0.25) is 4.79 Å². The molecule has 0 heterocycles. The molecule has 0 unspecified atom stereocenters. The number of hydrogen-bond acceptors (Lipinski definition) is 2. The molecule has 0 aliphatic heterocycles. The molecule has 23 heavy (non-hydrogen) atoms. The topological polar surface area (TPSA) is 41.5 Å². The van der Waals surface area contributed by atoms with E-state index in [0.717, 1.165) is 23.1 Å². The highest BCUT2D eigenvalue weighted by Crippen LogP contribution is 2.26. The van der Waals surface area contributed by atoms with Crippen molar-refractivity contribution < 1.29 is 4.79 Å². The predicted molar refractivity (Wildman–Crippen MR) is 95.7 cm³/mol. The van der Waals surface area contributed by atoms with Gasteiger partial charge in [0.25, 0.3) is 5.91 Å². The standard InChI is InChI=1S/C20H24N2O/c23-20(19-14-6-12-17-11-4-5-13-18(17)19)22-21-15-7-10-16-8-2-1-3-9-16/h4-6,11-16H,1-3,7-10H2,(H,22,23)/b21-15-. The Balaban J connectivity index is 1.53. The molecule has 2 aromatic carbocycles. The van der Waals surface area contributed by atoms with Crippen LogP contribution in [0.1, 0.15) is 55.3 Å². The zero-order valence-corrected chi connectivity index (χ0v) is 13.5. The highest BCUT2D eigenvalue weighted by atomic mass is 16.2. The van der Waals surface area contributed by atoms with Crippen LogP contribution in [0.3, 0.4) is 0 Å². The first-order valence-corrected chi connectivity index (χ1v) is 8.64. The van der Waals surface area contributed by atoms with Gasteiger partial charge in [0.2, 0.25) is 0 Å². The fourth-order valence-electron chi connectivity index (χ4n) is 3.44. The van der Waals surface area contributed by atoms with Crippen molar-refractivity contribution in [3.8, 4) is 0 Å². The second-order valence-corrected chi connectivity index (χ2v) is 6.36. The summed E-state index contributed by atoms with van der Waals surface area (Å²) in [6.45, 7) is 0. The van der Waals surface area contributed by atoms with Gasteiger partial charge in [-0.15, -0.1) is 0 Å². The van der Waals surface area contributed by atoms with Gasteiger partial charge in [0.1, 0.15) is 0 Å². The quantitative estimate of drug-likeness (QED) is 0.618. The number of rotatable bonds is 5. The zero-order valence-electron chi connectivity index (χ0n) is 13.5. The van der Waals surface area contributed by atoms with Gasteiger partial charge in [-0.05, 0) is 35.6 Å². The molecule has 0 aromatic heterocycles. The second kappa shape index (κ2) is 7.91. The third kappa shape index (κ3) is 4.19. The summed E-state index contributed by atoms with van der Waals surface area (Å²) in [6, 6.07) is 13.7. The molecule has 1 N–H and O–H groups in total. The summed E-state index contributed by atoms with van der Waals surface area (Å²) < 4.78 is 0. The minimum absolute atomic E-state index is 0.143. The predicted octanol–water partition coefficient (Wildman–Crippen LogP) is 4.92. The van der Waals surface area contributed by atoms with Crippen molar-refractivity contribution in [1.29, 1.82) is 0 Å². The Kier molecular flexibility index (Phi) is 5.41. The largest absolute Gasteiger partial charge is 0.271 e. The van der Waals surface area contributed by atoms with Gasteiger partial charge >= 0.3 is 0 Å². The summed E-state index contributed by atoms with van der Waals surface area (Å²) >= 11 is 0. The van der Waals surface area contributed by atoms with Crippen LogP contribution in [0, 0.1) is 5.92 Å². The van der Waals surface area contributed by atoms with Gasteiger partial charge in [0, 0.05) is 11.8 Å². The van der Waals surface area contributed by atoms with E-state index < -0.39 is 0 Å². The second-order valence-electron chi connectivity index (χ2n) is 6.36. The Morgan fingerprint density at radius 3 is 2.74 bits per heavy atom. The van der Waals surface area contributed by atoms with Crippen molar-refractivity contribution in [3.63, 3.8) is 0 Å². The number of carbonyl (C=O) groups excluding carboxylic acids is 1. The minimum atomic E-state index is -0.143. The van der Waals surface area contributed by atoms with E-state index in [0.29, 0.717) is 5.56 Å². The SMILES string of the molecule is O=C(N/N=C\CCC1CCCCC1)c1cccc2ccccc12. The van der Waals surface area contributed by atoms with Gasteiger partial charge < -0.3 is 0 Å². The van der Waals surface area contributed by atoms with E-state index in [1.807, 2.05) is 48.7 Å². The third-order valence-electron chi connectivity index (χ3n) is 4.72. The maximum absolute atomic E-state index is 12.3. The molecule has 0 saturated heterocycles. The molecule has 1 saturated carbocycles. The molecular formula is C20H24N2O.